The molecule has 1 saturated heterocycles. The topological polar surface area (TPSA) is 61.8 Å². The third-order valence-corrected chi connectivity index (χ3v) is 3.85. The highest BCUT2D eigenvalue weighted by atomic mass is 16.5. The standard InChI is InChI=1S/C14H18N2O3/c1-19-11-2-3-13-9(6-11)4-5-16(13)14(18)12-7-10(17)8-15-12/h2-3,6,10,12,15,17H,4-5,7-8H2,1H3. The van der Waals surface area contributed by atoms with Crippen LogP contribution in [-0.4, -0.2) is 43.4 Å². The Hall–Kier alpha value is -1.59. The van der Waals surface area contributed by atoms with E-state index in [-0.39, 0.29) is 11.9 Å². The van der Waals surface area contributed by atoms with Crippen LogP contribution in [0.5, 0.6) is 5.75 Å². The molecule has 2 aliphatic rings. The van der Waals surface area contributed by atoms with Crippen molar-refractivity contribution in [1.29, 1.82) is 0 Å². The van der Waals surface area contributed by atoms with E-state index in [1.807, 2.05) is 23.1 Å². The number of rotatable bonds is 2. The summed E-state index contributed by atoms with van der Waals surface area (Å²) in [6.45, 7) is 1.20. The van der Waals surface area contributed by atoms with Crippen LogP contribution in [0.2, 0.25) is 0 Å². The minimum absolute atomic E-state index is 0.0560. The maximum Gasteiger partial charge on any atom is 0.244 e. The lowest BCUT2D eigenvalue weighted by Gasteiger charge is -2.21. The Labute approximate surface area is 112 Å². The maximum absolute atomic E-state index is 12.4. The fourth-order valence-corrected chi connectivity index (χ4v) is 2.83. The number of fused-ring (bicyclic) bond motifs is 1. The van der Waals surface area contributed by atoms with E-state index in [1.165, 1.54) is 0 Å². The number of carbonyl (C=O) groups is 1. The highest BCUT2D eigenvalue weighted by Crippen LogP contribution is 2.32. The number of nitrogens with one attached hydrogen (secondary N) is 1. The number of anilines is 1. The van der Waals surface area contributed by atoms with E-state index in [1.54, 1.807) is 7.11 Å². The number of hydrogen-bond donors (Lipinski definition) is 2. The Morgan fingerprint density at radius 1 is 1.53 bits per heavy atom. The Kier molecular flexibility index (Phi) is 3.16. The summed E-state index contributed by atoms with van der Waals surface area (Å²) in [7, 11) is 1.64. The highest BCUT2D eigenvalue weighted by molar-refractivity contribution is 5.99. The van der Waals surface area contributed by atoms with Gasteiger partial charge in [-0.25, -0.2) is 0 Å². The van der Waals surface area contributed by atoms with Gasteiger partial charge in [0.25, 0.3) is 0 Å². The number of carbonyl (C=O) groups excluding carboxylic acids is 1. The summed E-state index contributed by atoms with van der Waals surface area (Å²) >= 11 is 0. The first-order chi connectivity index (χ1) is 9.19. The summed E-state index contributed by atoms with van der Waals surface area (Å²) in [6, 6.07) is 5.54. The molecule has 2 aliphatic heterocycles. The van der Waals surface area contributed by atoms with Gasteiger partial charge in [-0.05, 0) is 36.6 Å². The van der Waals surface area contributed by atoms with Crippen LogP contribution >= 0.6 is 0 Å². The lowest BCUT2D eigenvalue weighted by atomic mass is 10.1. The largest absolute Gasteiger partial charge is 0.497 e. The number of amides is 1. The normalized spacial score (nSPS) is 25.5. The molecule has 0 spiro atoms. The lowest BCUT2D eigenvalue weighted by molar-refractivity contribution is -0.120. The number of nitrogens with zero attached hydrogens (tertiary/aromatic N) is 1. The van der Waals surface area contributed by atoms with Gasteiger partial charge in [-0.2, -0.15) is 0 Å². The van der Waals surface area contributed by atoms with Crippen molar-refractivity contribution >= 4 is 11.6 Å². The van der Waals surface area contributed by atoms with Crippen molar-refractivity contribution in [3.8, 4) is 5.75 Å². The summed E-state index contributed by atoms with van der Waals surface area (Å²) in [5.74, 6) is 0.878. The van der Waals surface area contributed by atoms with Crippen LogP contribution < -0.4 is 15.0 Å². The van der Waals surface area contributed by atoms with E-state index in [0.717, 1.165) is 23.4 Å². The van der Waals surface area contributed by atoms with Crippen molar-refractivity contribution in [1.82, 2.24) is 5.32 Å². The predicted molar refractivity (Wildman–Crippen MR) is 71.5 cm³/mol. The quantitative estimate of drug-likeness (QED) is 0.805. The zero-order valence-electron chi connectivity index (χ0n) is 10.9. The average molecular weight is 262 g/mol. The molecule has 102 valence electrons. The molecule has 2 atom stereocenters. The summed E-state index contributed by atoms with van der Waals surface area (Å²) < 4.78 is 5.20. The second-order valence-corrected chi connectivity index (χ2v) is 5.08. The average Bonchev–Trinajstić information content (AvgIpc) is 3.03. The lowest BCUT2D eigenvalue weighted by Crippen LogP contribution is -2.42. The summed E-state index contributed by atoms with van der Waals surface area (Å²) in [5.41, 5.74) is 2.11. The first kappa shape index (κ1) is 12.4. The van der Waals surface area contributed by atoms with E-state index >= 15 is 0 Å². The van der Waals surface area contributed by atoms with Crippen LogP contribution in [0, 0.1) is 0 Å². The van der Waals surface area contributed by atoms with E-state index < -0.39 is 6.10 Å². The van der Waals surface area contributed by atoms with Gasteiger partial charge in [0.2, 0.25) is 5.91 Å². The molecule has 0 saturated carbocycles. The first-order valence-corrected chi connectivity index (χ1v) is 6.59. The molecule has 2 unspecified atom stereocenters. The van der Waals surface area contributed by atoms with Crippen molar-refractivity contribution in [2.45, 2.75) is 25.0 Å². The monoisotopic (exact) mass is 262 g/mol. The van der Waals surface area contributed by atoms with Crippen molar-refractivity contribution < 1.29 is 14.6 Å². The molecule has 1 fully saturated rings. The van der Waals surface area contributed by atoms with E-state index in [4.69, 9.17) is 4.74 Å². The van der Waals surface area contributed by atoms with Crippen LogP contribution in [0.15, 0.2) is 18.2 Å². The van der Waals surface area contributed by atoms with Crippen LogP contribution in [0.25, 0.3) is 0 Å². The molecule has 0 bridgehead atoms. The zero-order valence-corrected chi connectivity index (χ0v) is 10.9. The van der Waals surface area contributed by atoms with Gasteiger partial charge in [0.05, 0.1) is 19.3 Å². The van der Waals surface area contributed by atoms with Crippen molar-refractivity contribution in [2.24, 2.45) is 0 Å². The SMILES string of the molecule is COc1ccc2c(c1)CCN2C(=O)C1CC(O)CN1. The Bertz CT molecular complexity index is 503. The van der Waals surface area contributed by atoms with Crippen LogP contribution in [0.4, 0.5) is 5.69 Å². The number of ether oxygens (including phenoxy) is 1. The minimum atomic E-state index is -0.410. The fourth-order valence-electron chi connectivity index (χ4n) is 2.83. The number of aliphatic hydroxyl groups excluding tert-OH is 1. The Morgan fingerprint density at radius 2 is 2.37 bits per heavy atom. The Morgan fingerprint density at radius 3 is 3.05 bits per heavy atom. The molecule has 3 rings (SSSR count). The van der Waals surface area contributed by atoms with E-state index in [9.17, 15) is 9.90 Å². The van der Waals surface area contributed by atoms with Gasteiger partial charge >= 0.3 is 0 Å². The fraction of sp³-hybridized carbons (Fsp3) is 0.500. The molecule has 0 aromatic heterocycles. The second kappa shape index (κ2) is 4.83. The third kappa shape index (κ3) is 2.19. The first-order valence-electron chi connectivity index (χ1n) is 6.59. The zero-order chi connectivity index (χ0) is 13.4. The molecule has 1 aromatic rings. The van der Waals surface area contributed by atoms with Crippen molar-refractivity contribution in [3.63, 3.8) is 0 Å². The molecular weight excluding hydrogens is 244 g/mol. The van der Waals surface area contributed by atoms with Gasteiger partial charge in [-0.15, -0.1) is 0 Å². The van der Waals surface area contributed by atoms with Gasteiger partial charge in [0, 0.05) is 18.8 Å². The van der Waals surface area contributed by atoms with Gasteiger partial charge in [-0.1, -0.05) is 0 Å². The summed E-state index contributed by atoms with van der Waals surface area (Å²) in [5, 5.41) is 12.6. The minimum Gasteiger partial charge on any atom is -0.497 e. The van der Waals surface area contributed by atoms with Crippen molar-refractivity contribution in [2.75, 3.05) is 25.1 Å². The van der Waals surface area contributed by atoms with E-state index in [2.05, 4.69) is 5.32 Å². The maximum atomic E-state index is 12.4. The van der Waals surface area contributed by atoms with Gasteiger partial charge < -0.3 is 20.1 Å². The molecule has 5 nitrogen and oxygen atoms in total. The van der Waals surface area contributed by atoms with E-state index in [0.29, 0.717) is 19.5 Å². The number of hydrogen-bond acceptors (Lipinski definition) is 4. The van der Waals surface area contributed by atoms with Crippen LogP contribution in [-0.2, 0) is 11.2 Å². The second-order valence-electron chi connectivity index (χ2n) is 5.08. The number of methoxy groups -OCH3 is 1. The predicted octanol–water partition coefficient (Wildman–Crippen LogP) is 0.307. The van der Waals surface area contributed by atoms with Gasteiger partial charge in [0.15, 0.2) is 0 Å². The molecular formula is C14H18N2O3. The molecule has 2 heterocycles. The molecule has 5 heteroatoms. The summed E-state index contributed by atoms with van der Waals surface area (Å²) in [6.07, 6.45) is 0.945. The molecule has 19 heavy (non-hydrogen) atoms. The van der Waals surface area contributed by atoms with Crippen LogP contribution in [0.1, 0.15) is 12.0 Å². The van der Waals surface area contributed by atoms with Crippen molar-refractivity contribution in [3.05, 3.63) is 23.8 Å². The molecule has 0 radical (unpaired) electrons. The Balaban J connectivity index is 1.80. The molecule has 2 N–H and O–H groups in total. The number of aliphatic hydroxyl groups is 1. The molecule has 1 amide bonds. The highest BCUT2D eigenvalue weighted by Gasteiger charge is 2.34. The molecule has 0 aliphatic carbocycles. The van der Waals surface area contributed by atoms with Gasteiger partial charge in [0.1, 0.15) is 5.75 Å². The van der Waals surface area contributed by atoms with Crippen LogP contribution in [0.3, 0.4) is 0 Å². The van der Waals surface area contributed by atoms with Gasteiger partial charge in [-0.3, -0.25) is 4.79 Å². The number of benzene rings is 1. The smallest absolute Gasteiger partial charge is 0.244 e. The summed E-state index contributed by atoms with van der Waals surface area (Å²) in [4.78, 5) is 14.2. The third-order valence-electron chi connectivity index (χ3n) is 3.85. The number of β-amino-alcohol motifs (C(OH)–C–C–N with tert-alkyl or cyclic N) is 1. The molecule has 1 aromatic carbocycles.